The topological polar surface area (TPSA) is 83.6 Å². The van der Waals surface area contributed by atoms with E-state index in [9.17, 15) is 4.79 Å². The Kier molecular flexibility index (Phi) is 4.84. The number of H-pyrrole nitrogens is 1. The van der Waals surface area contributed by atoms with Crippen LogP contribution in [0.4, 0.5) is 10.6 Å². The highest BCUT2D eigenvalue weighted by Gasteiger charge is 2.31. The van der Waals surface area contributed by atoms with Crippen molar-refractivity contribution in [3.05, 3.63) is 54.5 Å². The lowest BCUT2D eigenvalue weighted by molar-refractivity contribution is 0.218. The average molecular weight is 379 g/mol. The van der Waals surface area contributed by atoms with Crippen LogP contribution in [0.3, 0.4) is 0 Å². The number of methoxy groups -OCH3 is 2. The van der Waals surface area contributed by atoms with E-state index in [1.807, 2.05) is 24.3 Å². The highest BCUT2D eigenvalue weighted by molar-refractivity contribution is 5.93. The van der Waals surface area contributed by atoms with Gasteiger partial charge in [0.15, 0.2) is 0 Å². The Balaban J connectivity index is 1.53. The summed E-state index contributed by atoms with van der Waals surface area (Å²) in [5.74, 6) is 2.00. The van der Waals surface area contributed by atoms with Crippen LogP contribution in [0.5, 0.6) is 11.5 Å². The van der Waals surface area contributed by atoms with Crippen molar-refractivity contribution in [2.24, 2.45) is 0 Å². The molecule has 2 amide bonds. The number of hydrogen-bond donors (Lipinski definition) is 1. The van der Waals surface area contributed by atoms with Crippen LogP contribution in [0.1, 0.15) is 5.56 Å². The molecule has 4 rings (SSSR count). The van der Waals surface area contributed by atoms with Gasteiger partial charge in [-0.15, -0.1) is 0 Å². The normalized spacial score (nSPS) is 13.9. The minimum atomic E-state index is -0.0755. The number of anilines is 1. The lowest BCUT2D eigenvalue weighted by Crippen LogP contribution is -2.32. The van der Waals surface area contributed by atoms with E-state index in [0.717, 1.165) is 22.4 Å². The molecule has 0 unspecified atom stereocenters. The average Bonchev–Trinajstić information content (AvgIpc) is 3.38. The molecule has 1 N–H and O–H groups in total. The fourth-order valence-electron chi connectivity index (χ4n) is 3.29. The smallest absolute Gasteiger partial charge is 0.326 e. The standard InChI is InChI=1S/C20H21N5O3/c1-27-16-5-3-4-14(8-16)13-24-6-7-25(20(24)26)19-9-18(28-2)17(12-21-19)15-10-22-23-11-15/h3-5,8-12H,6-7,13H2,1-2H3,(H,22,23). The third kappa shape index (κ3) is 3.36. The Labute approximate surface area is 162 Å². The molecule has 2 aromatic heterocycles. The Morgan fingerprint density at radius 1 is 1.14 bits per heavy atom. The van der Waals surface area contributed by atoms with Crippen molar-refractivity contribution in [2.45, 2.75) is 6.54 Å². The monoisotopic (exact) mass is 379 g/mol. The fourth-order valence-corrected chi connectivity index (χ4v) is 3.29. The number of aromatic amines is 1. The number of hydrogen-bond acceptors (Lipinski definition) is 5. The third-order valence-electron chi connectivity index (χ3n) is 4.76. The van der Waals surface area contributed by atoms with E-state index in [0.29, 0.717) is 31.2 Å². The molecule has 28 heavy (non-hydrogen) atoms. The van der Waals surface area contributed by atoms with Gasteiger partial charge in [-0.25, -0.2) is 9.78 Å². The van der Waals surface area contributed by atoms with Crippen LogP contribution in [0.15, 0.2) is 48.9 Å². The zero-order valence-electron chi connectivity index (χ0n) is 15.8. The van der Waals surface area contributed by atoms with Crippen molar-refractivity contribution in [2.75, 3.05) is 32.2 Å². The SMILES string of the molecule is COc1cccc(CN2CCN(c3cc(OC)c(-c4cn[nH]c4)cn3)C2=O)c1. The first-order valence-corrected chi connectivity index (χ1v) is 8.92. The molecule has 0 saturated carbocycles. The maximum absolute atomic E-state index is 12.9. The number of nitrogens with one attached hydrogen (secondary N) is 1. The number of urea groups is 1. The minimum absolute atomic E-state index is 0.0755. The molecule has 0 bridgehead atoms. The molecule has 0 atom stereocenters. The molecule has 1 aliphatic heterocycles. The summed E-state index contributed by atoms with van der Waals surface area (Å²) < 4.78 is 10.8. The summed E-state index contributed by atoms with van der Waals surface area (Å²) in [6.07, 6.45) is 5.18. The van der Waals surface area contributed by atoms with Crippen molar-refractivity contribution in [1.82, 2.24) is 20.1 Å². The molecule has 3 heterocycles. The van der Waals surface area contributed by atoms with E-state index in [1.165, 1.54) is 0 Å². The van der Waals surface area contributed by atoms with Crippen molar-refractivity contribution < 1.29 is 14.3 Å². The summed E-state index contributed by atoms with van der Waals surface area (Å²) in [5.41, 5.74) is 2.72. The lowest BCUT2D eigenvalue weighted by Gasteiger charge is -2.19. The minimum Gasteiger partial charge on any atom is -0.497 e. The third-order valence-corrected chi connectivity index (χ3v) is 4.76. The molecule has 1 saturated heterocycles. The van der Waals surface area contributed by atoms with Gasteiger partial charge in [0.05, 0.1) is 20.4 Å². The van der Waals surface area contributed by atoms with Crippen LogP contribution in [0.2, 0.25) is 0 Å². The van der Waals surface area contributed by atoms with Crippen molar-refractivity contribution >= 4 is 11.8 Å². The number of pyridine rings is 1. The van der Waals surface area contributed by atoms with Gasteiger partial charge in [0.25, 0.3) is 0 Å². The van der Waals surface area contributed by atoms with Crippen LogP contribution in [-0.4, -0.2) is 53.4 Å². The molecule has 1 aliphatic rings. The number of benzene rings is 1. The maximum Gasteiger partial charge on any atom is 0.326 e. The highest BCUT2D eigenvalue weighted by atomic mass is 16.5. The number of ether oxygens (including phenoxy) is 2. The number of carbonyl (C=O) groups is 1. The molecule has 1 fully saturated rings. The summed E-state index contributed by atoms with van der Waals surface area (Å²) in [6, 6.07) is 9.45. The van der Waals surface area contributed by atoms with Gasteiger partial charge in [0, 0.05) is 49.2 Å². The second kappa shape index (κ2) is 7.59. The number of nitrogens with zero attached hydrogens (tertiary/aromatic N) is 4. The molecule has 0 aliphatic carbocycles. The van der Waals surface area contributed by atoms with Crippen LogP contribution in [0.25, 0.3) is 11.1 Å². The number of amides is 2. The fraction of sp³-hybridized carbons (Fsp3) is 0.250. The Bertz CT molecular complexity index is 974. The molecule has 8 heteroatoms. The van der Waals surface area contributed by atoms with Crippen molar-refractivity contribution in [3.8, 4) is 22.6 Å². The summed E-state index contributed by atoms with van der Waals surface area (Å²) in [5, 5.41) is 6.74. The number of rotatable bonds is 6. The molecule has 0 radical (unpaired) electrons. The van der Waals surface area contributed by atoms with Crippen LogP contribution >= 0.6 is 0 Å². The van der Waals surface area contributed by atoms with E-state index >= 15 is 0 Å². The van der Waals surface area contributed by atoms with Gasteiger partial charge >= 0.3 is 6.03 Å². The second-order valence-corrected chi connectivity index (χ2v) is 6.44. The molecule has 1 aromatic carbocycles. The maximum atomic E-state index is 12.9. The van der Waals surface area contributed by atoms with E-state index in [2.05, 4.69) is 15.2 Å². The predicted molar refractivity (Wildman–Crippen MR) is 105 cm³/mol. The number of aromatic nitrogens is 3. The molecule has 3 aromatic rings. The summed E-state index contributed by atoms with van der Waals surface area (Å²) >= 11 is 0. The Morgan fingerprint density at radius 2 is 2.04 bits per heavy atom. The molecule has 144 valence electrons. The summed E-state index contributed by atoms with van der Waals surface area (Å²) in [7, 11) is 3.23. The Hall–Kier alpha value is -3.55. The first kappa shape index (κ1) is 17.8. The van der Waals surface area contributed by atoms with Crippen molar-refractivity contribution in [3.63, 3.8) is 0 Å². The summed E-state index contributed by atoms with van der Waals surface area (Å²) in [6.45, 7) is 1.73. The predicted octanol–water partition coefficient (Wildman–Crippen LogP) is 2.93. The van der Waals surface area contributed by atoms with E-state index in [-0.39, 0.29) is 6.03 Å². The molecule has 8 nitrogen and oxygen atoms in total. The molecular formula is C20H21N5O3. The Morgan fingerprint density at radius 3 is 2.79 bits per heavy atom. The first-order chi connectivity index (χ1) is 13.7. The zero-order valence-corrected chi connectivity index (χ0v) is 15.8. The van der Waals surface area contributed by atoms with E-state index in [4.69, 9.17) is 9.47 Å². The number of carbonyl (C=O) groups excluding carboxylic acids is 1. The van der Waals surface area contributed by atoms with Gasteiger partial charge in [0.2, 0.25) is 0 Å². The highest BCUT2D eigenvalue weighted by Crippen LogP contribution is 2.32. The van der Waals surface area contributed by atoms with Gasteiger partial charge < -0.3 is 14.4 Å². The van der Waals surface area contributed by atoms with E-state index in [1.54, 1.807) is 48.7 Å². The molecular weight excluding hydrogens is 358 g/mol. The second-order valence-electron chi connectivity index (χ2n) is 6.44. The van der Waals surface area contributed by atoms with E-state index < -0.39 is 0 Å². The van der Waals surface area contributed by atoms with Gasteiger partial charge in [-0.2, -0.15) is 5.10 Å². The first-order valence-electron chi connectivity index (χ1n) is 8.92. The zero-order chi connectivity index (χ0) is 19.5. The summed E-state index contributed by atoms with van der Waals surface area (Å²) in [4.78, 5) is 20.9. The van der Waals surface area contributed by atoms with Crippen molar-refractivity contribution in [1.29, 1.82) is 0 Å². The van der Waals surface area contributed by atoms with Gasteiger partial charge in [0.1, 0.15) is 17.3 Å². The van der Waals surface area contributed by atoms with Crippen LogP contribution < -0.4 is 14.4 Å². The van der Waals surface area contributed by atoms with Gasteiger partial charge in [-0.1, -0.05) is 12.1 Å². The van der Waals surface area contributed by atoms with Crippen LogP contribution in [0, 0.1) is 0 Å². The quantitative estimate of drug-likeness (QED) is 0.712. The molecule has 0 spiro atoms. The van der Waals surface area contributed by atoms with Gasteiger partial charge in [-0.3, -0.25) is 10.00 Å². The lowest BCUT2D eigenvalue weighted by atomic mass is 10.1. The largest absolute Gasteiger partial charge is 0.497 e. The van der Waals surface area contributed by atoms with Crippen LogP contribution in [-0.2, 0) is 6.54 Å². The van der Waals surface area contributed by atoms with Gasteiger partial charge in [-0.05, 0) is 17.7 Å².